The Bertz CT molecular complexity index is 1300. The number of benzene rings is 3. The van der Waals surface area contributed by atoms with Gasteiger partial charge in [-0.2, -0.15) is 0 Å². The third-order valence-corrected chi connectivity index (χ3v) is 6.68. The molecule has 4 heteroatoms. The van der Waals surface area contributed by atoms with Crippen molar-refractivity contribution in [1.29, 1.82) is 0 Å². The zero-order valence-electron chi connectivity index (χ0n) is 19.5. The van der Waals surface area contributed by atoms with E-state index < -0.39 is 0 Å². The summed E-state index contributed by atoms with van der Waals surface area (Å²) < 4.78 is 0. The summed E-state index contributed by atoms with van der Waals surface area (Å²) in [4.78, 5) is 26.7. The molecule has 0 fully saturated rings. The monoisotopic (exact) mass is 448 g/mol. The van der Waals surface area contributed by atoms with Gasteiger partial charge in [0.05, 0.1) is 0 Å². The average Bonchev–Trinajstić information content (AvgIpc) is 2.85. The number of amides is 1. The molecular weight excluding hydrogens is 420 g/mol. The summed E-state index contributed by atoms with van der Waals surface area (Å²) in [5.74, 6) is -0.450. The number of aryl methyl sites for hydroxylation is 1. The van der Waals surface area contributed by atoms with Crippen LogP contribution in [-0.2, 0) is 9.59 Å². The Morgan fingerprint density at radius 2 is 1.53 bits per heavy atom. The smallest absolute Gasteiger partial charge is 0.254 e. The van der Waals surface area contributed by atoms with E-state index in [1.807, 2.05) is 56.3 Å². The minimum atomic E-state index is -0.390. The van der Waals surface area contributed by atoms with E-state index in [-0.39, 0.29) is 17.6 Å². The molecule has 1 heterocycles. The molecule has 0 saturated carbocycles. The highest BCUT2D eigenvalue weighted by Crippen LogP contribution is 2.42. The van der Waals surface area contributed by atoms with Gasteiger partial charge in [0.15, 0.2) is 5.78 Å². The molecule has 0 radical (unpaired) electrons. The Labute approximate surface area is 200 Å². The van der Waals surface area contributed by atoms with E-state index in [1.54, 1.807) is 0 Å². The first-order valence-electron chi connectivity index (χ1n) is 11.8. The summed E-state index contributed by atoms with van der Waals surface area (Å²) in [6, 6.07) is 26.2. The van der Waals surface area contributed by atoms with Gasteiger partial charge in [0, 0.05) is 40.6 Å². The second-order valence-electron chi connectivity index (χ2n) is 9.07. The van der Waals surface area contributed by atoms with Crippen molar-refractivity contribution in [3.63, 3.8) is 0 Å². The van der Waals surface area contributed by atoms with Gasteiger partial charge < -0.3 is 10.6 Å². The maximum atomic E-state index is 13.6. The lowest BCUT2D eigenvalue weighted by Crippen LogP contribution is -2.35. The molecule has 0 saturated heterocycles. The highest BCUT2D eigenvalue weighted by atomic mass is 16.2. The zero-order valence-corrected chi connectivity index (χ0v) is 19.5. The van der Waals surface area contributed by atoms with Gasteiger partial charge in [0.25, 0.3) is 5.91 Å². The topological polar surface area (TPSA) is 58.2 Å². The van der Waals surface area contributed by atoms with E-state index in [0.717, 1.165) is 57.8 Å². The minimum Gasteiger partial charge on any atom is -0.362 e. The van der Waals surface area contributed by atoms with Crippen molar-refractivity contribution in [3.05, 3.63) is 113 Å². The van der Waals surface area contributed by atoms with Crippen LogP contribution in [0.4, 0.5) is 5.69 Å². The van der Waals surface area contributed by atoms with Crippen molar-refractivity contribution >= 4 is 17.4 Å². The molecule has 34 heavy (non-hydrogen) atoms. The van der Waals surface area contributed by atoms with Crippen LogP contribution in [0.25, 0.3) is 11.1 Å². The number of allylic oxidation sites excluding steroid dienone is 3. The number of dihydropyridines is 1. The number of Topliss-reactive ketones (excluding diaryl/α,β-unsaturated/α-hetero) is 1. The van der Waals surface area contributed by atoms with Crippen LogP contribution >= 0.6 is 0 Å². The van der Waals surface area contributed by atoms with E-state index in [2.05, 4.69) is 47.0 Å². The van der Waals surface area contributed by atoms with Gasteiger partial charge in [0.1, 0.15) is 0 Å². The van der Waals surface area contributed by atoms with Crippen molar-refractivity contribution in [2.75, 3.05) is 5.32 Å². The lowest BCUT2D eigenvalue weighted by atomic mass is 9.75. The number of carbonyl (C=O) groups is 2. The molecule has 2 N–H and O–H groups in total. The average molecular weight is 449 g/mol. The van der Waals surface area contributed by atoms with Gasteiger partial charge in [-0.1, -0.05) is 72.3 Å². The second kappa shape index (κ2) is 9.14. The fourth-order valence-corrected chi connectivity index (χ4v) is 4.95. The van der Waals surface area contributed by atoms with Crippen LogP contribution in [0.3, 0.4) is 0 Å². The molecule has 2 aliphatic rings. The third-order valence-electron chi connectivity index (χ3n) is 6.68. The summed E-state index contributed by atoms with van der Waals surface area (Å²) >= 11 is 0. The van der Waals surface area contributed by atoms with Gasteiger partial charge in [-0.15, -0.1) is 0 Å². The standard InChI is InChI=1S/C30H28N2O2/c1-19-11-17-24(18-12-19)32-30(34)27-20(2)31-25-9-6-10-26(33)29(25)28(27)23-15-13-22(14-16-23)21-7-4-3-5-8-21/h3-5,7-8,11-18,28,31H,6,9-10H2,1-2H3,(H,32,34). The van der Waals surface area contributed by atoms with Crippen LogP contribution in [-0.4, -0.2) is 11.7 Å². The molecule has 5 rings (SSSR count). The molecule has 170 valence electrons. The maximum Gasteiger partial charge on any atom is 0.254 e. The normalized spacial score (nSPS) is 17.8. The van der Waals surface area contributed by atoms with E-state index >= 15 is 0 Å². The molecule has 1 aliphatic carbocycles. The van der Waals surface area contributed by atoms with Crippen LogP contribution in [0.5, 0.6) is 0 Å². The molecule has 3 aromatic carbocycles. The van der Waals surface area contributed by atoms with E-state index in [1.165, 1.54) is 0 Å². The van der Waals surface area contributed by atoms with Crippen molar-refractivity contribution in [2.24, 2.45) is 0 Å². The minimum absolute atomic E-state index is 0.124. The lowest BCUT2D eigenvalue weighted by molar-refractivity contribution is -0.116. The van der Waals surface area contributed by atoms with E-state index in [4.69, 9.17) is 0 Å². The fraction of sp³-hybridized carbons (Fsp3) is 0.200. The predicted molar refractivity (Wildman–Crippen MR) is 136 cm³/mol. The number of ketones is 1. The van der Waals surface area contributed by atoms with Crippen molar-refractivity contribution in [1.82, 2.24) is 5.32 Å². The summed E-state index contributed by atoms with van der Waals surface area (Å²) in [6.45, 7) is 3.94. The van der Waals surface area contributed by atoms with Gasteiger partial charge >= 0.3 is 0 Å². The lowest BCUT2D eigenvalue weighted by Gasteiger charge is -2.34. The summed E-state index contributed by atoms with van der Waals surface area (Å²) in [7, 11) is 0. The van der Waals surface area contributed by atoms with Crippen molar-refractivity contribution in [2.45, 2.75) is 39.0 Å². The number of anilines is 1. The van der Waals surface area contributed by atoms with E-state index in [0.29, 0.717) is 12.0 Å². The van der Waals surface area contributed by atoms with Crippen LogP contribution in [0, 0.1) is 6.92 Å². The first-order chi connectivity index (χ1) is 16.5. The van der Waals surface area contributed by atoms with Gasteiger partial charge in [0.2, 0.25) is 0 Å². The summed E-state index contributed by atoms with van der Waals surface area (Å²) in [5, 5.41) is 6.44. The molecule has 0 spiro atoms. The van der Waals surface area contributed by atoms with Crippen LogP contribution < -0.4 is 10.6 Å². The van der Waals surface area contributed by atoms with Crippen LogP contribution in [0.1, 0.15) is 43.2 Å². The number of carbonyl (C=O) groups excluding carboxylic acids is 2. The molecule has 1 amide bonds. The van der Waals surface area contributed by atoms with Crippen molar-refractivity contribution < 1.29 is 9.59 Å². The number of hydrogen-bond donors (Lipinski definition) is 2. The van der Waals surface area contributed by atoms with Crippen LogP contribution in [0.2, 0.25) is 0 Å². The molecule has 1 aliphatic heterocycles. The quantitative estimate of drug-likeness (QED) is 0.495. The molecule has 0 bridgehead atoms. The van der Waals surface area contributed by atoms with Crippen LogP contribution in [0.15, 0.2) is 101 Å². The fourth-order valence-electron chi connectivity index (χ4n) is 4.95. The predicted octanol–water partition coefficient (Wildman–Crippen LogP) is 6.27. The molecule has 3 aromatic rings. The number of rotatable bonds is 4. The summed E-state index contributed by atoms with van der Waals surface area (Å²) in [5.41, 5.74) is 8.16. The van der Waals surface area contributed by atoms with Gasteiger partial charge in [-0.25, -0.2) is 0 Å². The largest absolute Gasteiger partial charge is 0.362 e. The maximum absolute atomic E-state index is 13.6. The van der Waals surface area contributed by atoms with Gasteiger partial charge in [-0.05, 0) is 55.5 Å². The number of hydrogen-bond acceptors (Lipinski definition) is 3. The highest BCUT2D eigenvalue weighted by molar-refractivity contribution is 6.09. The third kappa shape index (κ3) is 4.19. The van der Waals surface area contributed by atoms with E-state index in [9.17, 15) is 9.59 Å². The molecule has 1 unspecified atom stereocenters. The Morgan fingerprint density at radius 1 is 0.853 bits per heavy atom. The summed E-state index contributed by atoms with van der Waals surface area (Å²) in [6.07, 6.45) is 2.18. The Morgan fingerprint density at radius 3 is 2.24 bits per heavy atom. The van der Waals surface area contributed by atoms with Gasteiger partial charge in [-0.3, -0.25) is 9.59 Å². The molecule has 1 atom stereocenters. The van der Waals surface area contributed by atoms with Crippen molar-refractivity contribution in [3.8, 4) is 11.1 Å². The molecule has 4 nitrogen and oxygen atoms in total. The highest BCUT2D eigenvalue weighted by Gasteiger charge is 2.38. The first kappa shape index (κ1) is 21.9. The molecule has 0 aromatic heterocycles. The Balaban J connectivity index is 1.55. The number of nitrogens with one attached hydrogen (secondary N) is 2. The zero-order chi connectivity index (χ0) is 23.7. The Hall–Kier alpha value is -3.92. The first-order valence-corrected chi connectivity index (χ1v) is 11.8. The SMILES string of the molecule is CC1=C(C(=O)Nc2ccc(C)cc2)C(c2ccc(-c3ccccc3)cc2)C2=C(CCCC2=O)N1. The second-order valence-corrected chi connectivity index (χ2v) is 9.07. The Kier molecular flexibility index (Phi) is 5.89. The molecular formula is C30H28N2O2.